The van der Waals surface area contributed by atoms with Gasteiger partial charge in [0, 0.05) is 17.6 Å². The molecule has 1 N–H and O–H groups in total. The number of hydrogen-bond acceptors (Lipinski definition) is 3. The molecule has 90 valence electrons. The van der Waals surface area contributed by atoms with E-state index in [4.69, 9.17) is 0 Å². The Hall–Kier alpha value is -0.700. The predicted molar refractivity (Wildman–Crippen MR) is 73.3 cm³/mol. The maximum atomic E-state index is 4.30. The zero-order valence-corrected chi connectivity index (χ0v) is 11.1. The summed E-state index contributed by atoms with van der Waals surface area (Å²) in [6, 6.07) is 4.24. The molecule has 0 saturated carbocycles. The minimum Gasteiger partial charge on any atom is -0.370 e. The third-order valence-corrected chi connectivity index (χ3v) is 3.38. The normalized spacial score (nSPS) is 10.4. The highest BCUT2D eigenvalue weighted by Gasteiger charge is 1.97. The third kappa shape index (κ3) is 5.40. The maximum absolute atomic E-state index is 4.30. The fraction of sp³-hybridized carbons (Fsp3) is 0.615. The summed E-state index contributed by atoms with van der Waals surface area (Å²) >= 11 is 1.93. The maximum Gasteiger partial charge on any atom is 0.126 e. The Morgan fingerprint density at radius 2 is 2.12 bits per heavy atom. The van der Waals surface area contributed by atoms with E-state index in [-0.39, 0.29) is 0 Å². The molecule has 0 radical (unpaired) electrons. The number of unbranched alkanes of at least 4 members (excludes halogenated alkanes) is 2. The fourth-order valence-corrected chi connectivity index (χ4v) is 2.33. The molecule has 0 aromatic carbocycles. The van der Waals surface area contributed by atoms with Gasteiger partial charge in [0.05, 0.1) is 0 Å². The van der Waals surface area contributed by atoms with Crippen LogP contribution >= 0.6 is 11.8 Å². The van der Waals surface area contributed by atoms with Gasteiger partial charge in [0.1, 0.15) is 5.82 Å². The Balaban J connectivity index is 2.35. The molecule has 0 spiro atoms. The van der Waals surface area contributed by atoms with Crippen LogP contribution in [0, 0.1) is 0 Å². The van der Waals surface area contributed by atoms with Crippen molar-refractivity contribution in [1.29, 1.82) is 0 Å². The van der Waals surface area contributed by atoms with Crippen LogP contribution in [0.4, 0.5) is 5.82 Å². The molecule has 1 heterocycles. The predicted octanol–water partition coefficient (Wildman–Crippen LogP) is 4.19. The van der Waals surface area contributed by atoms with Crippen LogP contribution in [0.2, 0.25) is 0 Å². The summed E-state index contributed by atoms with van der Waals surface area (Å²) in [7, 11) is 0. The zero-order valence-electron chi connectivity index (χ0n) is 10.3. The van der Waals surface area contributed by atoms with E-state index in [1.807, 2.05) is 18.0 Å². The van der Waals surface area contributed by atoms with Crippen LogP contribution in [0.25, 0.3) is 0 Å². The van der Waals surface area contributed by atoms with Crippen molar-refractivity contribution in [2.45, 2.75) is 44.4 Å². The number of nitrogens with one attached hydrogen (secondary N) is 1. The number of hydrogen-bond donors (Lipinski definition) is 1. The van der Waals surface area contributed by atoms with Gasteiger partial charge in [-0.3, -0.25) is 0 Å². The van der Waals surface area contributed by atoms with Crippen LogP contribution in [0.15, 0.2) is 23.2 Å². The fourth-order valence-electron chi connectivity index (χ4n) is 1.39. The molecule has 0 amide bonds. The van der Waals surface area contributed by atoms with E-state index in [1.54, 1.807) is 0 Å². The molecule has 2 nitrogen and oxygen atoms in total. The minimum atomic E-state index is 0.997. The van der Waals surface area contributed by atoms with Crippen molar-refractivity contribution >= 4 is 17.6 Å². The van der Waals surface area contributed by atoms with Gasteiger partial charge in [-0.2, -0.15) is 0 Å². The zero-order chi connectivity index (χ0) is 11.6. The molecule has 0 unspecified atom stereocenters. The summed E-state index contributed by atoms with van der Waals surface area (Å²) in [5.41, 5.74) is 0. The first-order valence-electron chi connectivity index (χ1n) is 6.19. The van der Waals surface area contributed by atoms with Crippen molar-refractivity contribution in [2.24, 2.45) is 0 Å². The average Bonchev–Trinajstić information content (AvgIpc) is 2.33. The van der Waals surface area contributed by atoms with E-state index in [0.29, 0.717) is 0 Å². The van der Waals surface area contributed by atoms with Crippen molar-refractivity contribution in [3.05, 3.63) is 18.3 Å². The van der Waals surface area contributed by atoms with Gasteiger partial charge in [0.15, 0.2) is 0 Å². The van der Waals surface area contributed by atoms with Crippen LogP contribution in [0.3, 0.4) is 0 Å². The number of anilines is 1. The molecule has 1 rings (SSSR count). The number of rotatable bonds is 8. The lowest BCUT2D eigenvalue weighted by Crippen LogP contribution is -2.01. The van der Waals surface area contributed by atoms with Gasteiger partial charge >= 0.3 is 0 Å². The molecule has 0 atom stereocenters. The Bertz CT molecular complexity index is 289. The van der Waals surface area contributed by atoms with Gasteiger partial charge in [-0.15, -0.1) is 11.8 Å². The molecular weight excluding hydrogens is 216 g/mol. The summed E-state index contributed by atoms with van der Waals surface area (Å²) in [6.07, 6.45) is 6.95. The first-order chi connectivity index (χ1) is 7.86. The summed E-state index contributed by atoms with van der Waals surface area (Å²) in [5.74, 6) is 2.22. The minimum absolute atomic E-state index is 0.997. The van der Waals surface area contributed by atoms with Crippen molar-refractivity contribution in [3.8, 4) is 0 Å². The average molecular weight is 238 g/mol. The number of pyridine rings is 1. The van der Waals surface area contributed by atoms with Crippen molar-refractivity contribution in [2.75, 3.05) is 17.6 Å². The molecule has 1 aromatic rings. The highest BCUT2D eigenvalue weighted by molar-refractivity contribution is 7.99. The monoisotopic (exact) mass is 238 g/mol. The van der Waals surface area contributed by atoms with Gasteiger partial charge in [0.2, 0.25) is 0 Å². The second-order valence-electron chi connectivity index (χ2n) is 3.86. The number of aromatic nitrogens is 1. The van der Waals surface area contributed by atoms with Crippen molar-refractivity contribution in [1.82, 2.24) is 4.98 Å². The molecule has 16 heavy (non-hydrogen) atoms. The van der Waals surface area contributed by atoms with Gasteiger partial charge in [-0.25, -0.2) is 4.98 Å². The standard InChI is InChI=1S/C13H22N2S/c1-3-5-6-10-16-12-7-9-15-13(11-12)14-8-4-2/h7,9,11H,3-6,8,10H2,1-2H3,(H,14,15). The van der Waals surface area contributed by atoms with Gasteiger partial charge < -0.3 is 5.32 Å². The van der Waals surface area contributed by atoms with Gasteiger partial charge in [0.25, 0.3) is 0 Å². The lowest BCUT2D eigenvalue weighted by Gasteiger charge is -2.05. The second kappa shape index (κ2) is 8.45. The van der Waals surface area contributed by atoms with Crippen LogP contribution in [-0.4, -0.2) is 17.3 Å². The molecule has 0 saturated heterocycles. The van der Waals surface area contributed by atoms with E-state index in [9.17, 15) is 0 Å². The molecule has 3 heteroatoms. The highest BCUT2D eigenvalue weighted by atomic mass is 32.2. The van der Waals surface area contributed by atoms with E-state index < -0.39 is 0 Å². The van der Waals surface area contributed by atoms with Crippen LogP contribution < -0.4 is 5.32 Å². The summed E-state index contributed by atoms with van der Waals surface area (Å²) in [4.78, 5) is 5.62. The molecule has 0 aliphatic carbocycles. The Morgan fingerprint density at radius 3 is 2.88 bits per heavy atom. The molecular formula is C13H22N2S. The third-order valence-electron chi connectivity index (χ3n) is 2.30. The SMILES string of the molecule is CCCCCSc1ccnc(NCCC)c1. The van der Waals surface area contributed by atoms with Gasteiger partial charge in [-0.1, -0.05) is 26.7 Å². The molecule has 0 aliphatic rings. The summed E-state index contributed by atoms with van der Waals surface area (Å²) in [6.45, 7) is 5.40. The first kappa shape index (κ1) is 13.4. The molecule has 1 aromatic heterocycles. The number of nitrogens with zero attached hydrogens (tertiary/aromatic N) is 1. The Kier molecular flexibility index (Phi) is 7.06. The van der Waals surface area contributed by atoms with Crippen molar-refractivity contribution < 1.29 is 0 Å². The molecule has 0 fully saturated rings. The summed E-state index contributed by atoms with van der Waals surface area (Å²) in [5, 5.41) is 3.31. The van der Waals surface area contributed by atoms with Gasteiger partial charge in [-0.05, 0) is 30.7 Å². The Morgan fingerprint density at radius 1 is 1.25 bits per heavy atom. The topological polar surface area (TPSA) is 24.9 Å². The van der Waals surface area contributed by atoms with E-state index in [0.717, 1.165) is 18.8 Å². The highest BCUT2D eigenvalue weighted by Crippen LogP contribution is 2.21. The molecule has 0 aliphatic heterocycles. The van der Waals surface area contributed by atoms with Crippen LogP contribution in [0.1, 0.15) is 39.5 Å². The lowest BCUT2D eigenvalue weighted by atomic mass is 10.3. The Labute approximate surface area is 103 Å². The largest absolute Gasteiger partial charge is 0.370 e. The summed E-state index contributed by atoms with van der Waals surface area (Å²) < 4.78 is 0. The van der Waals surface area contributed by atoms with E-state index in [1.165, 1.54) is 29.9 Å². The van der Waals surface area contributed by atoms with E-state index in [2.05, 4.69) is 36.3 Å². The van der Waals surface area contributed by atoms with E-state index >= 15 is 0 Å². The smallest absolute Gasteiger partial charge is 0.126 e. The molecule has 0 bridgehead atoms. The van der Waals surface area contributed by atoms with Crippen molar-refractivity contribution in [3.63, 3.8) is 0 Å². The van der Waals surface area contributed by atoms with Crippen LogP contribution in [-0.2, 0) is 0 Å². The second-order valence-corrected chi connectivity index (χ2v) is 5.03. The van der Waals surface area contributed by atoms with Crippen LogP contribution in [0.5, 0.6) is 0 Å². The first-order valence-corrected chi connectivity index (χ1v) is 7.18. The number of thioether (sulfide) groups is 1. The lowest BCUT2D eigenvalue weighted by molar-refractivity contribution is 0.778. The quantitative estimate of drug-likeness (QED) is 0.543.